The highest BCUT2D eigenvalue weighted by molar-refractivity contribution is 5.88. The normalized spacial score (nSPS) is 13.4. The Morgan fingerprint density at radius 3 is 1.93 bits per heavy atom. The summed E-state index contributed by atoms with van der Waals surface area (Å²) in [6, 6.07) is 10.9. The predicted octanol–water partition coefficient (Wildman–Crippen LogP) is 2.82. The molecule has 0 aliphatic rings. The van der Waals surface area contributed by atoms with Gasteiger partial charge in [-0.05, 0) is 69.0 Å². The van der Waals surface area contributed by atoms with Gasteiger partial charge in [0.1, 0.15) is 5.75 Å². The van der Waals surface area contributed by atoms with Crippen LogP contribution in [0.4, 0.5) is 0 Å². The van der Waals surface area contributed by atoms with Crippen LogP contribution in [0.5, 0.6) is 5.75 Å². The number of ether oxygens (including phenoxy) is 6. The van der Waals surface area contributed by atoms with E-state index in [1.165, 1.54) is 20.8 Å². The molecule has 4 atom stereocenters. The number of rotatable bonds is 17. The van der Waals surface area contributed by atoms with Crippen molar-refractivity contribution in [2.45, 2.75) is 64.8 Å². The molecule has 44 heavy (non-hydrogen) atoms. The first-order chi connectivity index (χ1) is 20.8. The Bertz CT molecular complexity index is 1340. The summed E-state index contributed by atoms with van der Waals surface area (Å²) in [5.74, 6) is -4.71. The molecule has 15 nitrogen and oxygen atoms in total. The zero-order chi connectivity index (χ0) is 32.8. The topological polar surface area (TPSA) is 193 Å². The number of unbranched alkanes of at least 4 members (excludes halogenated alkanes) is 1. The molecule has 0 spiro atoms. The number of carbonyl (C=O) groups is 5. The Morgan fingerprint density at radius 2 is 1.30 bits per heavy atom. The molecule has 0 heterocycles. The Labute approximate surface area is 252 Å². The lowest BCUT2D eigenvalue weighted by molar-refractivity contribution is -0.757. The van der Waals surface area contributed by atoms with Gasteiger partial charge in [0.15, 0.2) is 24.9 Å². The van der Waals surface area contributed by atoms with E-state index >= 15 is 0 Å². The van der Waals surface area contributed by atoms with Crippen molar-refractivity contribution in [2.24, 2.45) is 0 Å². The van der Waals surface area contributed by atoms with Gasteiger partial charge in [-0.3, -0.25) is 4.79 Å². The Balaban J connectivity index is 1.73. The fourth-order valence-corrected chi connectivity index (χ4v) is 3.58. The standard InChI is InChI=1S/C29H35NO14/c1-17(21-8-9-23-15-24(38-5)11-10-22(23)14-21)26(32)40-16-25(31)42-19(3)28(34)44-20(4)29(35)43-18(2)27(33)39-12-6-7-13-41-30(36)37/h8-11,14-15,17-20H,6-7,12-13,16H2,1-5H3. The summed E-state index contributed by atoms with van der Waals surface area (Å²) in [5, 5.41) is 10.9. The predicted molar refractivity (Wildman–Crippen MR) is 150 cm³/mol. The molecule has 4 unspecified atom stereocenters. The largest absolute Gasteiger partial charge is 0.497 e. The molecule has 0 aliphatic heterocycles. The smallest absolute Gasteiger partial charge is 0.347 e. The van der Waals surface area contributed by atoms with Crippen LogP contribution >= 0.6 is 0 Å². The number of hydrogen-bond acceptors (Lipinski definition) is 14. The monoisotopic (exact) mass is 621 g/mol. The van der Waals surface area contributed by atoms with Crippen molar-refractivity contribution < 1.29 is 62.3 Å². The van der Waals surface area contributed by atoms with Crippen LogP contribution in [-0.2, 0) is 52.5 Å². The van der Waals surface area contributed by atoms with Crippen molar-refractivity contribution in [3.8, 4) is 5.75 Å². The van der Waals surface area contributed by atoms with Crippen LogP contribution in [-0.4, -0.2) is 80.2 Å². The second-order valence-corrected chi connectivity index (χ2v) is 9.52. The van der Waals surface area contributed by atoms with E-state index in [2.05, 4.69) is 4.84 Å². The third-order valence-electron chi connectivity index (χ3n) is 6.13. The molecule has 2 aromatic rings. The lowest BCUT2D eigenvalue weighted by Crippen LogP contribution is -2.36. The Morgan fingerprint density at radius 1 is 0.727 bits per heavy atom. The minimum atomic E-state index is -1.46. The van der Waals surface area contributed by atoms with Crippen LogP contribution in [0.3, 0.4) is 0 Å². The first kappa shape index (κ1) is 35.2. The number of methoxy groups -OCH3 is 1. The van der Waals surface area contributed by atoms with Gasteiger partial charge in [-0.2, -0.15) is 0 Å². The summed E-state index contributed by atoms with van der Waals surface area (Å²) in [4.78, 5) is 75.4. The molecule has 240 valence electrons. The summed E-state index contributed by atoms with van der Waals surface area (Å²) in [6.45, 7) is 4.26. The summed E-state index contributed by atoms with van der Waals surface area (Å²) in [6.07, 6.45) is -3.69. The number of carbonyl (C=O) groups excluding carboxylic acids is 5. The van der Waals surface area contributed by atoms with E-state index in [0.717, 1.165) is 10.8 Å². The van der Waals surface area contributed by atoms with Crippen LogP contribution in [0.25, 0.3) is 10.8 Å². The summed E-state index contributed by atoms with van der Waals surface area (Å²) in [7, 11) is 1.57. The highest BCUT2D eigenvalue weighted by Crippen LogP contribution is 2.25. The van der Waals surface area contributed by atoms with Gasteiger partial charge in [-0.1, -0.05) is 24.3 Å². The molecule has 0 aliphatic carbocycles. The van der Waals surface area contributed by atoms with Crippen molar-refractivity contribution in [3.63, 3.8) is 0 Å². The summed E-state index contributed by atoms with van der Waals surface area (Å²) >= 11 is 0. The lowest BCUT2D eigenvalue weighted by Gasteiger charge is -2.18. The van der Waals surface area contributed by atoms with Gasteiger partial charge in [0.2, 0.25) is 0 Å². The van der Waals surface area contributed by atoms with Crippen LogP contribution in [0.15, 0.2) is 36.4 Å². The zero-order valence-corrected chi connectivity index (χ0v) is 25.0. The van der Waals surface area contributed by atoms with Crippen molar-refractivity contribution >= 4 is 40.6 Å². The molecule has 0 bridgehead atoms. The molecule has 0 N–H and O–H groups in total. The highest BCUT2D eigenvalue weighted by Gasteiger charge is 2.29. The van der Waals surface area contributed by atoms with Crippen LogP contribution < -0.4 is 4.74 Å². The third-order valence-corrected chi connectivity index (χ3v) is 6.13. The summed E-state index contributed by atoms with van der Waals surface area (Å²) in [5.41, 5.74) is 0.668. The van der Waals surface area contributed by atoms with Crippen molar-refractivity contribution in [2.75, 3.05) is 26.9 Å². The SMILES string of the molecule is COc1ccc2cc(C(C)C(=O)OCC(=O)OC(C)C(=O)OC(C)C(=O)OC(C)C(=O)OCCCCO[N+](=O)[O-])ccc2c1. The molecule has 0 aromatic heterocycles. The van der Waals surface area contributed by atoms with E-state index in [4.69, 9.17) is 28.4 Å². The maximum Gasteiger partial charge on any atom is 0.347 e. The van der Waals surface area contributed by atoms with Crippen LogP contribution in [0.1, 0.15) is 52.0 Å². The molecule has 0 saturated heterocycles. The first-order valence-electron chi connectivity index (χ1n) is 13.6. The second-order valence-electron chi connectivity index (χ2n) is 9.52. The zero-order valence-electron chi connectivity index (χ0n) is 25.0. The van der Waals surface area contributed by atoms with Gasteiger partial charge in [-0.15, -0.1) is 10.1 Å². The molecule has 0 saturated carbocycles. The first-order valence-corrected chi connectivity index (χ1v) is 13.6. The number of nitrogens with zero attached hydrogens (tertiary/aromatic N) is 1. The fourth-order valence-electron chi connectivity index (χ4n) is 3.58. The number of esters is 5. The van der Waals surface area contributed by atoms with E-state index in [0.29, 0.717) is 11.3 Å². The van der Waals surface area contributed by atoms with E-state index in [9.17, 15) is 34.1 Å². The quantitative estimate of drug-likeness (QED) is 0.0822. The molecule has 2 aromatic carbocycles. The summed E-state index contributed by atoms with van der Waals surface area (Å²) < 4.78 is 30.0. The van der Waals surface area contributed by atoms with E-state index < -0.39 is 65.8 Å². The average Bonchev–Trinajstić information content (AvgIpc) is 2.99. The van der Waals surface area contributed by atoms with Gasteiger partial charge in [-0.25, -0.2) is 19.2 Å². The molecule has 0 radical (unpaired) electrons. The molecular formula is C29H35NO14. The van der Waals surface area contributed by atoms with E-state index in [1.807, 2.05) is 24.3 Å². The van der Waals surface area contributed by atoms with Gasteiger partial charge in [0, 0.05) is 0 Å². The van der Waals surface area contributed by atoms with Crippen LogP contribution in [0, 0.1) is 10.1 Å². The lowest BCUT2D eigenvalue weighted by atomic mass is 9.98. The highest BCUT2D eigenvalue weighted by atomic mass is 16.9. The fraction of sp³-hybridized carbons (Fsp3) is 0.483. The van der Waals surface area contributed by atoms with E-state index in [1.54, 1.807) is 26.2 Å². The Kier molecular flexibility index (Phi) is 13.8. The molecular weight excluding hydrogens is 586 g/mol. The molecule has 2 rings (SSSR count). The van der Waals surface area contributed by atoms with Crippen LogP contribution in [0.2, 0.25) is 0 Å². The minimum absolute atomic E-state index is 0.0805. The maximum absolute atomic E-state index is 12.5. The minimum Gasteiger partial charge on any atom is -0.497 e. The second kappa shape index (κ2) is 17.2. The van der Waals surface area contributed by atoms with E-state index in [-0.39, 0.29) is 26.1 Å². The maximum atomic E-state index is 12.5. The number of fused-ring (bicyclic) bond motifs is 1. The molecule has 0 fully saturated rings. The third kappa shape index (κ3) is 11.4. The number of benzene rings is 2. The van der Waals surface area contributed by atoms with Crippen molar-refractivity contribution in [1.82, 2.24) is 0 Å². The Hall–Kier alpha value is -4.95. The molecule has 0 amide bonds. The molecule has 15 heteroatoms. The number of hydrogen-bond donors (Lipinski definition) is 0. The van der Waals surface area contributed by atoms with Gasteiger partial charge in [0.05, 0.1) is 26.2 Å². The van der Waals surface area contributed by atoms with Crippen molar-refractivity contribution in [3.05, 3.63) is 52.1 Å². The van der Waals surface area contributed by atoms with Gasteiger partial charge >= 0.3 is 29.8 Å². The van der Waals surface area contributed by atoms with Gasteiger partial charge < -0.3 is 33.3 Å². The van der Waals surface area contributed by atoms with Gasteiger partial charge in [0.25, 0.3) is 5.09 Å². The van der Waals surface area contributed by atoms with Crippen molar-refractivity contribution in [1.29, 1.82) is 0 Å². The average molecular weight is 622 g/mol.